The Hall–Kier alpha value is -2.14. The van der Waals surface area contributed by atoms with Gasteiger partial charge < -0.3 is 5.32 Å². The Labute approximate surface area is 126 Å². The highest BCUT2D eigenvalue weighted by molar-refractivity contribution is 6.33. The van der Waals surface area contributed by atoms with Crippen molar-refractivity contribution in [2.45, 2.75) is 19.4 Å². The highest BCUT2D eigenvalue weighted by atomic mass is 35.5. The molecule has 0 bridgehead atoms. The summed E-state index contributed by atoms with van der Waals surface area (Å²) in [6, 6.07) is 10.2. The van der Waals surface area contributed by atoms with Crippen molar-refractivity contribution in [3.63, 3.8) is 0 Å². The summed E-state index contributed by atoms with van der Waals surface area (Å²) < 4.78 is 13.3. The van der Waals surface area contributed by atoms with Crippen LogP contribution in [0.25, 0.3) is 0 Å². The second-order valence-electron chi connectivity index (χ2n) is 4.58. The highest BCUT2D eigenvalue weighted by Crippen LogP contribution is 2.29. The summed E-state index contributed by atoms with van der Waals surface area (Å²) in [6.07, 6.45) is 0.675. The number of nitro benzene ring substituents is 1. The molecule has 0 fully saturated rings. The number of benzene rings is 2. The van der Waals surface area contributed by atoms with E-state index < -0.39 is 10.7 Å². The lowest BCUT2D eigenvalue weighted by molar-refractivity contribution is -0.384. The van der Waals surface area contributed by atoms with E-state index in [0.717, 1.165) is 5.56 Å². The van der Waals surface area contributed by atoms with Crippen molar-refractivity contribution >= 4 is 23.0 Å². The Kier molecular flexibility index (Phi) is 4.75. The molecule has 0 amide bonds. The van der Waals surface area contributed by atoms with Gasteiger partial charge in [0.1, 0.15) is 5.82 Å². The van der Waals surface area contributed by atoms with Crippen LogP contribution in [0.4, 0.5) is 15.8 Å². The highest BCUT2D eigenvalue weighted by Gasteiger charge is 2.14. The second kappa shape index (κ2) is 6.54. The van der Waals surface area contributed by atoms with Crippen molar-refractivity contribution in [3.8, 4) is 0 Å². The summed E-state index contributed by atoms with van der Waals surface area (Å²) in [5.74, 6) is -0.393. The van der Waals surface area contributed by atoms with E-state index in [2.05, 4.69) is 5.32 Å². The van der Waals surface area contributed by atoms with Crippen molar-refractivity contribution in [1.82, 2.24) is 0 Å². The van der Waals surface area contributed by atoms with Gasteiger partial charge in [0.25, 0.3) is 5.69 Å². The maximum absolute atomic E-state index is 13.3. The zero-order chi connectivity index (χ0) is 15.4. The fourth-order valence-corrected chi connectivity index (χ4v) is 2.24. The van der Waals surface area contributed by atoms with Gasteiger partial charge in [0.2, 0.25) is 0 Å². The number of halogens is 2. The average molecular weight is 309 g/mol. The molecule has 0 aliphatic rings. The van der Waals surface area contributed by atoms with Crippen LogP contribution in [0.2, 0.25) is 5.02 Å². The molecule has 21 heavy (non-hydrogen) atoms. The maximum atomic E-state index is 13.3. The molecule has 110 valence electrons. The standard InChI is InChI=1S/C15H14ClFN2O2/c1-2-14(10-4-3-5-12(8-10)19(20)21)18-15-9-11(17)6-7-13(15)16/h3-9,14,18H,2H2,1H3. The van der Waals surface area contributed by atoms with E-state index in [0.29, 0.717) is 17.1 Å². The van der Waals surface area contributed by atoms with Gasteiger partial charge in [0.15, 0.2) is 0 Å². The van der Waals surface area contributed by atoms with Crippen LogP contribution in [0.3, 0.4) is 0 Å². The number of nitro groups is 1. The summed E-state index contributed by atoms with van der Waals surface area (Å²) in [6.45, 7) is 1.93. The molecular formula is C15H14ClFN2O2. The van der Waals surface area contributed by atoms with Crippen LogP contribution >= 0.6 is 11.6 Å². The molecule has 0 aromatic heterocycles. The predicted octanol–water partition coefficient (Wildman–Crippen LogP) is 4.95. The molecule has 1 unspecified atom stereocenters. The lowest BCUT2D eigenvalue weighted by atomic mass is 10.0. The van der Waals surface area contributed by atoms with E-state index >= 15 is 0 Å². The van der Waals surface area contributed by atoms with Crippen molar-refractivity contribution in [3.05, 3.63) is 69.0 Å². The zero-order valence-corrected chi connectivity index (χ0v) is 12.1. The molecule has 0 heterocycles. The molecule has 2 rings (SSSR count). The number of rotatable bonds is 5. The minimum atomic E-state index is -0.439. The van der Waals surface area contributed by atoms with Gasteiger partial charge in [-0.05, 0) is 30.2 Å². The predicted molar refractivity (Wildman–Crippen MR) is 81.2 cm³/mol. The molecule has 1 N–H and O–H groups in total. The van der Waals surface area contributed by atoms with Gasteiger partial charge in [-0.15, -0.1) is 0 Å². The van der Waals surface area contributed by atoms with Crippen molar-refractivity contribution in [2.24, 2.45) is 0 Å². The largest absolute Gasteiger partial charge is 0.377 e. The SMILES string of the molecule is CCC(Nc1cc(F)ccc1Cl)c1cccc([N+](=O)[O-])c1. The zero-order valence-electron chi connectivity index (χ0n) is 11.3. The average Bonchev–Trinajstić information content (AvgIpc) is 2.48. The molecule has 4 nitrogen and oxygen atoms in total. The molecule has 1 atom stereocenters. The summed E-state index contributed by atoms with van der Waals surface area (Å²) in [5.41, 5.74) is 1.25. The molecule has 0 saturated carbocycles. The molecule has 0 spiro atoms. The first-order valence-corrected chi connectivity index (χ1v) is 6.85. The normalized spacial score (nSPS) is 12.0. The number of nitrogens with zero attached hydrogens (tertiary/aromatic N) is 1. The van der Waals surface area contributed by atoms with Gasteiger partial charge in [0.05, 0.1) is 21.7 Å². The molecule has 0 radical (unpaired) electrons. The van der Waals surface area contributed by atoms with E-state index in [1.165, 1.54) is 30.3 Å². The van der Waals surface area contributed by atoms with Crippen LogP contribution in [-0.4, -0.2) is 4.92 Å². The summed E-state index contributed by atoms with van der Waals surface area (Å²) in [4.78, 5) is 10.4. The van der Waals surface area contributed by atoms with Crippen LogP contribution in [0.15, 0.2) is 42.5 Å². The third-order valence-electron chi connectivity index (χ3n) is 3.15. The Bertz CT molecular complexity index is 664. The number of non-ortho nitro benzene ring substituents is 1. The summed E-state index contributed by atoms with van der Waals surface area (Å²) in [7, 11) is 0. The van der Waals surface area contributed by atoms with Gasteiger partial charge in [-0.2, -0.15) is 0 Å². The molecule has 2 aromatic rings. The van der Waals surface area contributed by atoms with Crippen LogP contribution in [0.5, 0.6) is 0 Å². The summed E-state index contributed by atoms with van der Waals surface area (Å²) in [5, 5.41) is 14.4. The first kappa shape index (κ1) is 15.3. The van der Waals surface area contributed by atoms with E-state index in [4.69, 9.17) is 11.6 Å². The smallest absolute Gasteiger partial charge is 0.269 e. The lowest BCUT2D eigenvalue weighted by Gasteiger charge is -2.19. The van der Waals surface area contributed by atoms with Crippen molar-refractivity contribution < 1.29 is 9.31 Å². The number of hydrogen-bond donors (Lipinski definition) is 1. The topological polar surface area (TPSA) is 55.2 Å². The first-order valence-electron chi connectivity index (χ1n) is 6.47. The van der Waals surface area contributed by atoms with Crippen LogP contribution < -0.4 is 5.32 Å². The molecule has 0 aliphatic heterocycles. The van der Waals surface area contributed by atoms with Crippen LogP contribution in [-0.2, 0) is 0 Å². The monoisotopic (exact) mass is 308 g/mol. The Morgan fingerprint density at radius 2 is 2.10 bits per heavy atom. The Balaban J connectivity index is 2.29. The van der Waals surface area contributed by atoms with E-state index in [-0.39, 0.29) is 11.7 Å². The minimum absolute atomic E-state index is 0.0260. The number of nitrogens with one attached hydrogen (secondary N) is 1. The first-order chi connectivity index (χ1) is 10.0. The molecule has 6 heteroatoms. The fourth-order valence-electron chi connectivity index (χ4n) is 2.07. The van der Waals surface area contributed by atoms with Crippen LogP contribution in [0, 0.1) is 15.9 Å². The van der Waals surface area contributed by atoms with E-state index in [1.807, 2.05) is 6.92 Å². The molecule has 2 aromatic carbocycles. The van der Waals surface area contributed by atoms with E-state index in [9.17, 15) is 14.5 Å². The quantitative estimate of drug-likeness (QED) is 0.628. The third kappa shape index (κ3) is 3.70. The molecule has 0 saturated heterocycles. The number of anilines is 1. The van der Waals surface area contributed by atoms with Gasteiger partial charge >= 0.3 is 0 Å². The van der Waals surface area contributed by atoms with Crippen molar-refractivity contribution in [1.29, 1.82) is 0 Å². The summed E-state index contributed by atoms with van der Waals surface area (Å²) >= 11 is 6.03. The second-order valence-corrected chi connectivity index (χ2v) is 4.99. The minimum Gasteiger partial charge on any atom is -0.377 e. The molecule has 0 aliphatic carbocycles. The van der Waals surface area contributed by atoms with Gasteiger partial charge in [0, 0.05) is 12.1 Å². The molecular weight excluding hydrogens is 295 g/mol. The Morgan fingerprint density at radius 3 is 2.76 bits per heavy atom. The van der Waals surface area contributed by atoms with Crippen molar-refractivity contribution in [2.75, 3.05) is 5.32 Å². The number of hydrogen-bond acceptors (Lipinski definition) is 3. The fraction of sp³-hybridized carbons (Fsp3) is 0.200. The Morgan fingerprint density at radius 1 is 1.33 bits per heavy atom. The third-order valence-corrected chi connectivity index (χ3v) is 3.48. The van der Waals surface area contributed by atoms with Gasteiger partial charge in [-0.25, -0.2) is 4.39 Å². The van der Waals surface area contributed by atoms with Crippen LogP contribution in [0.1, 0.15) is 24.9 Å². The van der Waals surface area contributed by atoms with Gasteiger partial charge in [-0.1, -0.05) is 30.7 Å². The lowest BCUT2D eigenvalue weighted by Crippen LogP contribution is -2.10. The van der Waals surface area contributed by atoms with E-state index in [1.54, 1.807) is 12.1 Å². The maximum Gasteiger partial charge on any atom is 0.269 e. The van der Waals surface area contributed by atoms with Gasteiger partial charge in [-0.3, -0.25) is 10.1 Å².